The molecule has 2 heterocycles. The van der Waals surface area contributed by atoms with Crippen LogP contribution in [0.3, 0.4) is 0 Å². The van der Waals surface area contributed by atoms with Crippen LogP contribution in [0.5, 0.6) is 11.5 Å². The predicted octanol–water partition coefficient (Wildman–Crippen LogP) is 5.04. The van der Waals surface area contributed by atoms with Gasteiger partial charge in [-0.05, 0) is 35.7 Å². The quantitative estimate of drug-likeness (QED) is 0.450. The molecule has 0 bridgehead atoms. The molecule has 2 aromatic heterocycles. The van der Waals surface area contributed by atoms with E-state index in [0.29, 0.717) is 22.3 Å². The molecule has 5 nitrogen and oxygen atoms in total. The Bertz CT molecular complexity index is 1300. The van der Waals surface area contributed by atoms with Crippen molar-refractivity contribution >= 4 is 21.7 Å². The average Bonchev–Trinajstić information content (AvgIpc) is 2.72. The minimum Gasteiger partial charge on any atom is -0.493 e. The summed E-state index contributed by atoms with van der Waals surface area (Å²) in [5.74, 6) is 0.843. The maximum atomic E-state index is 13.4. The van der Waals surface area contributed by atoms with Crippen molar-refractivity contribution in [2.75, 3.05) is 14.2 Å². The molecule has 0 amide bonds. The van der Waals surface area contributed by atoms with Gasteiger partial charge in [-0.25, -0.2) is 0 Å². The van der Waals surface area contributed by atoms with Crippen LogP contribution in [-0.2, 0) is 6.18 Å². The number of nitrogens with zero attached hydrogens (tertiary/aromatic N) is 1. The van der Waals surface area contributed by atoms with Crippen molar-refractivity contribution in [2.45, 2.75) is 6.18 Å². The number of hydrogen-bond donors (Lipinski definition) is 0. The van der Waals surface area contributed by atoms with E-state index < -0.39 is 22.9 Å². The second kappa shape index (κ2) is 6.80. The van der Waals surface area contributed by atoms with E-state index in [2.05, 4.69) is 4.98 Å². The molecule has 0 spiro atoms. The van der Waals surface area contributed by atoms with Crippen molar-refractivity contribution in [1.82, 2.24) is 4.98 Å². The number of methoxy groups -OCH3 is 2. The number of fused-ring (bicyclic) bond motifs is 3. The van der Waals surface area contributed by atoms with E-state index in [1.165, 1.54) is 26.5 Å². The highest BCUT2D eigenvalue weighted by molar-refractivity contribution is 6.07. The molecule has 0 N–H and O–H groups in total. The molecule has 0 aliphatic heterocycles. The third kappa shape index (κ3) is 3.06. The highest BCUT2D eigenvalue weighted by atomic mass is 19.4. The van der Waals surface area contributed by atoms with Gasteiger partial charge in [0.15, 0.2) is 11.5 Å². The fraction of sp³-hybridized carbons (Fsp3) is 0.143. The first-order valence-electron chi connectivity index (χ1n) is 8.48. The van der Waals surface area contributed by atoms with Crippen LogP contribution in [0, 0.1) is 0 Å². The Morgan fingerprint density at radius 3 is 2.45 bits per heavy atom. The topological polar surface area (TPSA) is 61.6 Å². The van der Waals surface area contributed by atoms with Crippen LogP contribution in [-0.4, -0.2) is 19.2 Å². The van der Waals surface area contributed by atoms with E-state index in [4.69, 9.17) is 13.9 Å². The summed E-state index contributed by atoms with van der Waals surface area (Å²) in [7, 11) is 2.93. The molecule has 0 fully saturated rings. The van der Waals surface area contributed by atoms with Gasteiger partial charge in [0.25, 0.3) is 0 Å². The van der Waals surface area contributed by atoms with E-state index in [-0.39, 0.29) is 16.5 Å². The Morgan fingerprint density at radius 1 is 1.03 bits per heavy atom. The van der Waals surface area contributed by atoms with Gasteiger partial charge < -0.3 is 13.9 Å². The van der Waals surface area contributed by atoms with Gasteiger partial charge in [0, 0.05) is 11.6 Å². The minimum absolute atomic E-state index is 0.139. The number of alkyl halides is 3. The molecule has 0 aliphatic rings. The normalized spacial score (nSPS) is 11.8. The van der Waals surface area contributed by atoms with E-state index >= 15 is 0 Å². The van der Waals surface area contributed by atoms with E-state index in [0.717, 1.165) is 12.3 Å². The highest BCUT2D eigenvalue weighted by Crippen LogP contribution is 2.37. The largest absolute Gasteiger partial charge is 0.493 e. The molecule has 29 heavy (non-hydrogen) atoms. The Balaban J connectivity index is 2.09. The number of rotatable bonds is 3. The zero-order chi connectivity index (χ0) is 20.8. The lowest BCUT2D eigenvalue weighted by atomic mass is 10.0. The number of ether oxygens (including phenoxy) is 2. The van der Waals surface area contributed by atoms with Gasteiger partial charge in [-0.1, -0.05) is 6.07 Å². The molecule has 0 saturated heterocycles. The summed E-state index contributed by atoms with van der Waals surface area (Å²) >= 11 is 0. The van der Waals surface area contributed by atoms with Crippen LogP contribution >= 0.6 is 0 Å². The SMILES string of the molecule is COc1cc2ccc3occ(-c4ncccc4C(F)(F)F)c(=O)c3c2cc1OC. The Labute approximate surface area is 162 Å². The second-order valence-corrected chi connectivity index (χ2v) is 6.24. The summed E-state index contributed by atoms with van der Waals surface area (Å²) in [6.07, 6.45) is -2.46. The molecule has 148 valence electrons. The third-order valence-corrected chi connectivity index (χ3v) is 4.63. The third-order valence-electron chi connectivity index (χ3n) is 4.63. The van der Waals surface area contributed by atoms with Gasteiger partial charge in [-0.2, -0.15) is 13.2 Å². The van der Waals surface area contributed by atoms with Crippen molar-refractivity contribution < 1.29 is 27.1 Å². The molecule has 0 radical (unpaired) electrons. The molecule has 4 rings (SSSR count). The highest BCUT2D eigenvalue weighted by Gasteiger charge is 2.35. The summed E-state index contributed by atoms with van der Waals surface area (Å²) in [6.45, 7) is 0. The van der Waals surface area contributed by atoms with Crippen LogP contribution in [0.1, 0.15) is 5.56 Å². The lowest BCUT2D eigenvalue weighted by Gasteiger charge is -2.13. The Morgan fingerprint density at radius 2 is 1.76 bits per heavy atom. The monoisotopic (exact) mass is 401 g/mol. The van der Waals surface area contributed by atoms with Crippen molar-refractivity contribution in [3.63, 3.8) is 0 Å². The molecular weight excluding hydrogens is 387 g/mol. The summed E-state index contributed by atoms with van der Waals surface area (Å²) < 4.78 is 56.3. The van der Waals surface area contributed by atoms with Crippen LogP contribution in [0.4, 0.5) is 13.2 Å². The summed E-state index contributed by atoms with van der Waals surface area (Å²) in [4.78, 5) is 17.0. The van der Waals surface area contributed by atoms with Gasteiger partial charge in [0.05, 0.1) is 36.4 Å². The van der Waals surface area contributed by atoms with Crippen molar-refractivity contribution in [2.24, 2.45) is 0 Å². The molecule has 4 aromatic rings. The maximum absolute atomic E-state index is 13.4. The molecular formula is C21H14F3NO4. The maximum Gasteiger partial charge on any atom is 0.418 e. The van der Waals surface area contributed by atoms with Crippen LogP contribution < -0.4 is 14.9 Å². The number of pyridine rings is 1. The molecule has 0 atom stereocenters. The number of benzene rings is 2. The smallest absolute Gasteiger partial charge is 0.418 e. The van der Waals surface area contributed by atoms with Gasteiger partial charge in [-0.15, -0.1) is 0 Å². The zero-order valence-electron chi connectivity index (χ0n) is 15.3. The summed E-state index contributed by atoms with van der Waals surface area (Å²) in [5, 5.41) is 1.26. The number of hydrogen-bond acceptors (Lipinski definition) is 5. The first kappa shape index (κ1) is 18.8. The van der Waals surface area contributed by atoms with Crippen LogP contribution in [0.2, 0.25) is 0 Å². The Kier molecular flexibility index (Phi) is 4.41. The van der Waals surface area contributed by atoms with E-state index in [1.807, 2.05) is 0 Å². The van der Waals surface area contributed by atoms with E-state index in [1.54, 1.807) is 24.3 Å². The van der Waals surface area contributed by atoms with Gasteiger partial charge >= 0.3 is 6.18 Å². The van der Waals surface area contributed by atoms with Gasteiger partial charge in [-0.3, -0.25) is 9.78 Å². The number of halogens is 3. The average molecular weight is 401 g/mol. The first-order chi connectivity index (χ1) is 13.8. The molecule has 8 heteroatoms. The minimum atomic E-state index is -4.67. The predicted molar refractivity (Wildman–Crippen MR) is 101 cm³/mol. The van der Waals surface area contributed by atoms with Gasteiger partial charge in [0.2, 0.25) is 5.43 Å². The van der Waals surface area contributed by atoms with Gasteiger partial charge in [0.1, 0.15) is 11.8 Å². The molecule has 0 aliphatic carbocycles. The lowest BCUT2D eigenvalue weighted by molar-refractivity contribution is -0.137. The van der Waals surface area contributed by atoms with Crippen molar-refractivity contribution in [3.05, 3.63) is 64.6 Å². The zero-order valence-corrected chi connectivity index (χ0v) is 15.3. The van der Waals surface area contributed by atoms with Crippen molar-refractivity contribution in [3.8, 4) is 22.8 Å². The summed E-state index contributed by atoms with van der Waals surface area (Å²) in [5.41, 5.74) is -2.14. The fourth-order valence-corrected chi connectivity index (χ4v) is 3.29. The van der Waals surface area contributed by atoms with Crippen LogP contribution in [0.15, 0.2) is 58.1 Å². The molecule has 2 aromatic carbocycles. The number of aromatic nitrogens is 1. The molecule has 0 unspecified atom stereocenters. The first-order valence-corrected chi connectivity index (χ1v) is 8.48. The lowest BCUT2D eigenvalue weighted by Crippen LogP contribution is -2.13. The van der Waals surface area contributed by atoms with Crippen LogP contribution in [0.25, 0.3) is 33.0 Å². The fourth-order valence-electron chi connectivity index (χ4n) is 3.29. The summed E-state index contributed by atoms with van der Waals surface area (Å²) in [6, 6.07) is 8.63. The van der Waals surface area contributed by atoms with E-state index in [9.17, 15) is 18.0 Å². The standard InChI is InChI=1S/C21H14F3NO4/c1-27-16-8-11-5-6-15-18(12(11)9-17(16)28-2)20(26)13(10-29-15)19-14(21(22,23)24)4-3-7-25-19/h3-10H,1-2H3. The van der Waals surface area contributed by atoms with Crippen molar-refractivity contribution in [1.29, 1.82) is 0 Å². The molecule has 0 saturated carbocycles. The second-order valence-electron chi connectivity index (χ2n) is 6.24. The Hall–Kier alpha value is -3.55.